The fourth-order valence-corrected chi connectivity index (χ4v) is 10.9. The molecule has 0 aromatic heterocycles. The Morgan fingerprint density at radius 3 is 1.05 bits per heavy atom. The Morgan fingerprint density at radius 1 is 0.415 bits per heavy atom. The van der Waals surface area contributed by atoms with Gasteiger partial charge < -0.3 is 63.8 Å². The largest absolute Gasteiger partial charge is 0.343 e. The van der Waals surface area contributed by atoms with Crippen LogP contribution in [-0.4, -0.2) is 155 Å². The second kappa shape index (κ2) is 32.0. The fraction of sp³-hybridized carbons (Fsp3) is 0.633. The highest BCUT2D eigenvalue weighted by molar-refractivity contribution is 6.00. The van der Waals surface area contributed by atoms with Crippen LogP contribution in [0.25, 0.3) is 0 Å². The molecule has 0 saturated carbocycles. The zero-order valence-corrected chi connectivity index (χ0v) is 49.3. The second-order valence-corrected chi connectivity index (χ2v) is 23.7. The van der Waals surface area contributed by atoms with Crippen molar-refractivity contribution in [1.29, 1.82) is 0 Å². The standard InChI is InChI=1S/C60H92N12O10/c1-35(2)31-43-53(75)67-45(33-39-19-11-9-12-20-39)59(81)71-29-17-25-47(71)55(77)70-50(38(7)8)58(80)64-42(24-16-28-62)52(74)66-44(32-36(3)4)54(76)68-46(34-40-21-13-10-14-22-40)60(82)72-30-18-26-48(72)56(78)69-49(37(5)6)57(79)63-41(23-15-27-61)51(73)65-43/h9-14,19-22,35-38,41-50H,15-18,23-34,61-62H2,1-8H3,(H,63,79)(H,64,80)(H,65,73)(H,66,74)(H,67,75)(H,68,76)(H,69,78)(H,70,77)/t41-,42-,43-,44-,45+,46+,47-,48-,49-,50-/m1/s1. The molecule has 2 aromatic rings. The van der Waals surface area contributed by atoms with Gasteiger partial charge in [0.2, 0.25) is 59.1 Å². The van der Waals surface area contributed by atoms with Gasteiger partial charge in [-0.2, -0.15) is 0 Å². The summed E-state index contributed by atoms with van der Waals surface area (Å²) in [7, 11) is 0. The van der Waals surface area contributed by atoms with E-state index in [0.29, 0.717) is 36.8 Å². The number of amides is 10. The summed E-state index contributed by atoms with van der Waals surface area (Å²) in [5, 5.41) is 22.8. The van der Waals surface area contributed by atoms with Gasteiger partial charge in [0.15, 0.2) is 0 Å². The van der Waals surface area contributed by atoms with Crippen LogP contribution in [0.1, 0.15) is 131 Å². The lowest BCUT2D eigenvalue weighted by atomic mass is 9.99. The molecule has 0 bridgehead atoms. The predicted molar refractivity (Wildman–Crippen MR) is 310 cm³/mol. The van der Waals surface area contributed by atoms with Crippen LogP contribution in [0.5, 0.6) is 0 Å². The Morgan fingerprint density at radius 2 is 0.732 bits per heavy atom. The molecule has 3 heterocycles. The van der Waals surface area contributed by atoms with Gasteiger partial charge in [0.05, 0.1) is 0 Å². The van der Waals surface area contributed by atoms with Gasteiger partial charge in [-0.05, 0) is 112 Å². The maximum Gasteiger partial charge on any atom is 0.246 e. The van der Waals surface area contributed by atoms with Gasteiger partial charge in [0, 0.05) is 25.9 Å². The molecule has 0 spiro atoms. The monoisotopic (exact) mass is 1140 g/mol. The third kappa shape index (κ3) is 19.1. The van der Waals surface area contributed by atoms with E-state index in [9.17, 15) is 47.9 Å². The van der Waals surface area contributed by atoms with Crippen molar-refractivity contribution < 1.29 is 47.9 Å². The summed E-state index contributed by atoms with van der Waals surface area (Å²) < 4.78 is 0. The van der Waals surface area contributed by atoms with E-state index in [-0.39, 0.29) is 89.4 Å². The molecule has 12 N–H and O–H groups in total. The van der Waals surface area contributed by atoms with Crippen molar-refractivity contribution >= 4 is 59.1 Å². The third-order valence-corrected chi connectivity index (χ3v) is 15.3. The highest BCUT2D eigenvalue weighted by Crippen LogP contribution is 2.24. The average molecular weight is 1140 g/mol. The van der Waals surface area contributed by atoms with Crippen LogP contribution in [0.4, 0.5) is 0 Å². The lowest BCUT2D eigenvalue weighted by Crippen LogP contribution is -2.62. The number of hydrogen-bond acceptors (Lipinski definition) is 12. The van der Waals surface area contributed by atoms with Gasteiger partial charge in [-0.3, -0.25) is 47.9 Å². The summed E-state index contributed by atoms with van der Waals surface area (Å²) in [6, 6.07) is 6.30. The van der Waals surface area contributed by atoms with E-state index in [2.05, 4.69) is 42.5 Å². The molecule has 0 unspecified atom stereocenters. The van der Waals surface area contributed by atoms with Crippen LogP contribution in [-0.2, 0) is 60.8 Å². The summed E-state index contributed by atoms with van der Waals surface area (Å²) in [6.45, 7) is 15.0. The molecular weight excluding hydrogens is 1050 g/mol. The van der Waals surface area contributed by atoms with Crippen molar-refractivity contribution in [3.8, 4) is 0 Å². The number of carbonyl (C=O) groups is 10. The van der Waals surface area contributed by atoms with Crippen molar-refractivity contribution in [2.75, 3.05) is 26.2 Å². The van der Waals surface area contributed by atoms with Gasteiger partial charge in [-0.1, -0.05) is 116 Å². The molecule has 3 fully saturated rings. The first kappa shape index (κ1) is 65.9. The van der Waals surface area contributed by atoms with E-state index in [1.54, 1.807) is 76.2 Å². The molecule has 0 aliphatic carbocycles. The average Bonchev–Trinajstić information content (AvgIpc) is 4.16. The number of benzene rings is 2. The molecule has 3 saturated heterocycles. The molecular formula is C60H92N12O10. The summed E-state index contributed by atoms with van der Waals surface area (Å²) in [6.07, 6.45) is 2.45. The van der Waals surface area contributed by atoms with Crippen molar-refractivity contribution in [3.63, 3.8) is 0 Å². The van der Waals surface area contributed by atoms with Crippen LogP contribution < -0.4 is 54.0 Å². The molecule has 3 aliphatic heterocycles. The lowest BCUT2D eigenvalue weighted by Gasteiger charge is -2.33. The van der Waals surface area contributed by atoms with E-state index in [1.165, 1.54) is 9.80 Å². The Balaban J connectivity index is 1.58. The molecule has 0 radical (unpaired) electrons. The maximum absolute atomic E-state index is 14.9. The van der Waals surface area contributed by atoms with Crippen LogP contribution >= 0.6 is 0 Å². The zero-order valence-electron chi connectivity index (χ0n) is 49.3. The normalized spacial score (nSPS) is 26.6. The summed E-state index contributed by atoms with van der Waals surface area (Å²) in [5.74, 6) is -7.75. The minimum atomic E-state index is -1.22. The minimum Gasteiger partial charge on any atom is -0.343 e. The Labute approximate surface area is 483 Å². The summed E-state index contributed by atoms with van der Waals surface area (Å²) in [4.78, 5) is 149. The zero-order chi connectivity index (χ0) is 60.2. The fourth-order valence-electron chi connectivity index (χ4n) is 10.9. The van der Waals surface area contributed by atoms with E-state index in [1.807, 2.05) is 39.8 Å². The van der Waals surface area contributed by atoms with Crippen LogP contribution in [0.15, 0.2) is 60.7 Å². The number of fused-ring (bicyclic) bond motifs is 2. The van der Waals surface area contributed by atoms with Gasteiger partial charge >= 0.3 is 0 Å². The molecule has 3 aliphatic rings. The number of rotatable bonds is 16. The summed E-state index contributed by atoms with van der Waals surface area (Å²) in [5.41, 5.74) is 13.3. The topological polar surface area (TPSA) is 325 Å². The van der Waals surface area contributed by atoms with E-state index < -0.39 is 131 Å². The van der Waals surface area contributed by atoms with Gasteiger partial charge in [-0.25, -0.2) is 0 Å². The predicted octanol–water partition coefficient (Wildman–Crippen LogP) is 1.23. The molecule has 22 heteroatoms. The first-order valence-electron chi connectivity index (χ1n) is 29.5. The quantitative estimate of drug-likeness (QED) is 0.114. The van der Waals surface area contributed by atoms with E-state index >= 15 is 0 Å². The van der Waals surface area contributed by atoms with Crippen molar-refractivity contribution in [2.45, 2.75) is 193 Å². The van der Waals surface area contributed by atoms with Crippen molar-refractivity contribution in [2.24, 2.45) is 35.1 Å². The smallest absolute Gasteiger partial charge is 0.246 e. The molecule has 10 atom stereocenters. The van der Waals surface area contributed by atoms with E-state index in [0.717, 1.165) is 0 Å². The van der Waals surface area contributed by atoms with E-state index in [4.69, 9.17) is 11.5 Å². The first-order valence-corrected chi connectivity index (χ1v) is 29.5. The maximum atomic E-state index is 14.9. The second-order valence-electron chi connectivity index (χ2n) is 23.7. The lowest BCUT2D eigenvalue weighted by molar-refractivity contribution is -0.143. The molecule has 452 valence electrons. The number of nitrogens with two attached hydrogens (primary N) is 2. The van der Waals surface area contributed by atoms with Gasteiger partial charge in [-0.15, -0.1) is 0 Å². The minimum absolute atomic E-state index is 0.0279. The SMILES string of the molecule is CC(C)C[C@H]1NC(=O)[C@@H](CCCN)NC(=O)[C@@H](C(C)C)NC(=O)[C@H]2CCCN2C(=O)[C@H](Cc2ccccc2)NC(=O)[C@@H](CC(C)C)NC(=O)[C@@H](CCCN)NC(=O)[C@@H](C(C)C)NC(=O)[C@H]2CCCN2C(=O)[C@H](Cc2ccccc2)NC1=O. The Bertz CT molecular complexity index is 2330. The summed E-state index contributed by atoms with van der Waals surface area (Å²) >= 11 is 0. The highest BCUT2D eigenvalue weighted by Gasteiger charge is 2.43. The van der Waals surface area contributed by atoms with Crippen molar-refractivity contribution in [1.82, 2.24) is 52.3 Å². The molecule has 10 amide bonds. The molecule has 5 rings (SSSR count). The third-order valence-electron chi connectivity index (χ3n) is 15.3. The molecule has 22 nitrogen and oxygen atoms in total. The Kier molecular flexibility index (Phi) is 25.7. The number of hydrogen-bond donors (Lipinski definition) is 10. The van der Waals surface area contributed by atoms with Crippen LogP contribution in [0.2, 0.25) is 0 Å². The van der Waals surface area contributed by atoms with Crippen LogP contribution in [0, 0.1) is 23.7 Å². The Hall–Kier alpha value is -6.94. The van der Waals surface area contributed by atoms with Crippen molar-refractivity contribution in [3.05, 3.63) is 71.8 Å². The van der Waals surface area contributed by atoms with Gasteiger partial charge in [0.1, 0.15) is 60.4 Å². The van der Waals surface area contributed by atoms with Gasteiger partial charge in [0.25, 0.3) is 0 Å². The first-order chi connectivity index (χ1) is 39.0. The number of carbonyl (C=O) groups excluding carboxylic acids is 10. The molecule has 2 aromatic carbocycles. The number of nitrogens with one attached hydrogen (secondary N) is 8. The number of nitrogens with zero attached hydrogens (tertiary/aromatic N) is 2. The highest BCUT2D eigenvalue weighted by atomic mass is 16.2. The molecule has 82 heavy (non-hydrogen) atoms. The van der Waals surface area contributed by atoms with Crippen LogP contribution in [0.3, 0.4) is 0 Å².